The second-order valence-corrected chi connectivity index (χ2v) is 9.54. The van der Waals surface area contributed by atoms with Crippen molar-refractivity contribution in [1.82, 2.24) is 29.9 Å². The summed E-state index contributed by atoms with van der Waals surface area (Å²) in [5.41, 5.74) is 3.80. The van der Waals surface area contributed by atoms with Crippen molar-refractivity contribution in [3.63, 3.8) is 0 Å². The average Bonchev–Trinajstić information content (AvgIpc) is 2.98. The van der Waals surface area contributed by atoms with Crippen molar-refractivity contribution in [2.45, 2.75) is 13.8 Å². The molecule has 0 saturated carbocycles. The van der Waals surface area contributed by atoms with Crippen molar-refractivity contribution in [2.75, 3.05) is 0 Å². The maximum atomic E-state index is 6.06. The second-order valence-electron chi connectivity index (χ2n) is 9.54. The SMILES string of the molecule is Cc1ccc(-c2nc3nc(n2)Oc2cccc(c2)Oc2nc(nc(-c4ccc(C)cc4)n2)Oc2cccc(c2)O3)cc1. The summed E-state index contributed by atoms with van der Waals surface area (Å²) in [4.78, 5) is 27.0. The zero-order valence-electron chi connectivity index (χ0n) is 22.6. The molecule has 0 radical (unpaired) electrons. The van der Waals surface area contributed by atoms with Gasteiger partial charge in [0.05, 0.1) is 0 Å². The van der Waals surface area contributed by atoms with Gasteiger partial charge in [-0.15, -0.1) is 9.97 Å². The first kappa shape index (κ1) is 25.1. The highest BCUT2D eigenvalue weighted by molar-refractivity contribution is 5.57. The number of aromatic nitrogens is 6. The highest BCUT2D eigenvalue weighted by Gasteiger charge is 2.17. The third-order valence-electron chi connectivity index (χ3n) is 6.26. The van der Waals surface area contributed by atoms with Gasteiger partial charge in [-0.2, -0.15) is 19.9 Å². The molecular weight excluding hydrogens is 532 g/mol. The van der Waals surface area contributed by atoms with E-state index in [1.165, 1.54) is 0 Å². The molecule has 0 saturated heterocycles. The van der Waals surface area contributed by atoms with Gasteiger partial charge in [-0.05, 0) is 38.1 Å². The summed E-state index contributed by atoms with van der Waals surface area (Å²) < 4.78 is 24.2. The van der Waals surface area contributed by atoms with Crippen LogP contribution in [-0.2, 0) is 0 Å². The third kappa shape index (κ3) is 5.54. The minimum atomic E-state index is 0.0522. The summed E-state index contributed by atoms with van der Waals surface area (Å²) >= 11 is 0. The molecule has 6 aromatic rings. The van der Waals surface area contributed by atoms with E-state index >= 15 is 0 Å². The predicted molar refractivity (Wildman–Crippen MR) is 153 cm³/mol. The number of hydrogen-bond donors (Lipinski definition) is 0. The van der Waals surface area contributed by atoms with Crippen molar-refractivity contribution in [2.24, 2.45) is 0 Å². The van der Waals surface area contributed by atoms with Gasteiger partial charge in [0, 0.05) is 23.3 Å². The number of benzene rings is 4. The summed E-state index contributed by atoms with van der Waals surface area (Å²) in [6.07, 6.45) is 0. The fourth-order valence-electron chi connectivity index (χ4n) is 4.15. The molecule has 8 bridgehead atoms. The first-order valence-electron chi connectivity index (χ1n) is 13.1. The average molecular weight is 555 g/mol. The van der Waals surface area contributed by atoms with Crippen LogP contribution < -0.4 is 18.9 Å². The quantitative estimate of drug-likeness (QED) is 0.213. The summed E-state index contributed by atoms with van der Waals surface area (Å²) in [5, 5.41) is 0. The molecule has 10 heteroatoms. The van der Waals surface area contributed by atoms with Gasteiger partial charge in [0.2, 0.25) is 0 Å². The van der Waals surface area contributed by atoms with E-state index in [0.717, 1.165) is 22.3 Å². The highest BCUT2D eigenvalue weighted by atomic mass is 16.5. The fraction of sp³-hybridized carbons (Fsp3) is 0.0625. The Kier molecular flexibility index (Phi) is 6.32. The van der Waals surface area contributed by atoms with Crippen molar-refractivity contribution in [1.29, 1.82) is 0 Å². The van der Waals surface area contributed by atoms with Crippen LogP contribution in [0, 0.1) is 13.8 Å². The zero-order valence-corrected chi connectivity index (χ0v) is 22.6. The Morgan fingerprint density at radius 2 is 0.690 bits per heavy atom. The topological polar surface area (TPSA) is 114 Å². The number of hydrogen-bond acceptors (Lipinski definition) is 10. The molecule has 2 aromatic heterocycles. The van der Waals surface area contributed by atoms with Gasteiger partial charge >= 0.3 is 24.0 Å². The van der Waals surface area contributed by atoms with E-state index < -0.39 is 0 Å². The Balaban J connectivity index is 1.34. The predicted octanol–water partition coefficient (Wildman–Crippen LogP) is 7.49. The van der Waals surface area contributed by atoms with E-state index in [4.69, 9.17) is 18.9 Å². The van der Waals surface area contributed by atoms with Crippen LogP contribution >= 0.6 is 0 Å². The van der Waals surface area contributed by atoms with E-state index in [0.29, 0.717) is 34.6 Å². The molecule has 0 unspecified atom stereocenters. The Morgan fingerprint density at radius 3 is 1.00 bits per heavy atom. The lowest BCUT2D eigenvalue weighted by Gasteiger charge is -2.13. The van der Waals surface area contributed by atoms with Crippen LogP contribution in [0.15, 0.2) is 97.1 Å². The van der Waals surface area contributed by atoms with E-state index in [2.05, 4.69) is 29.9 Å². The smallest absolute Gasteiger partial charge is 0.328 e. The Labute approximate surface area is 240 Å². The van der Waals surface area contributed by atoms with Crippen LogP contribution in [-0.4, -0.2) is 29.9 Å². The van der Waals surface area contributed by atoms with Gasteiger partial charge in [-0.1, -0.05) is 71.8 Å². The minimum Gasteiger partial charge on any atom is -0.424 e. The van der Waals surface area contributed by atoms with Crippen molar-refractivity contribution in [3.8, 4) is 69.8 Å². The molecular formula is C32H22N6O4. The first-order valence-corrected chi connectivity index (χ1v) is 13.1. The summed E-state index contributed by atoms with van der Waals surface area (Å²) in [6, 6.07) is 29.8. The molecule has 1 aliphatic rings. The van der Waals surface area contributed by atoms with E-state index in [1.54, 1.807) is 48.5 Å². The summed E-state index contributed by atoms with van der Waals surface area (Å²) in [6.45, 7) is 4.03. The lowest BCUT2D eigenvalue weighted by atomic mass is 10.1. The minimum absolute atomic E-state index is 0.0522. The van der Waals surface area contributed by atoms with E-state index in [9.17, 15) is 0 Å². The van der Waals surface area contributed by atoms with E-state index in [-0.39, 0.29) is 24.0 Å². The molecule has 1 aliphatic heterocycles. The van der Waals surface area contributed by atoms with Crippen LogP contribution in [0.3, 0.4) is 0 Å². The molecule has 7 rings (SSSR count). The van der Waals surface area contributed by atoms with Gasteiger partial charge in [0.1, 0.15) is 23.0 Å². The van der Waals surface area contributed by atoms with Crippen LogP contribution in [0.2, 0.25) is 0 Å². The lowest BCUT2D eigenvalue weighted by molar-refractivity contribution is 0.381. The summed E-state index contributed by atoms with van der Waals surface area (Å²) in [7, 11) is 0. The second kappa shape index (κ2) is 10.6. The molecule has 204 valence electrons. The van der Waals surface area contributed by atoms with E-state index in [1.807, 2.05) is 62.4 Å². The maximum absolute atomic E-state index is 6.06. The molecule has 0 spiro atoms. The fourth-order valence-corrected chi connectivity index (χ4v) is 4.15. The number of ether oxygens (including phenoxy) is 4. The molecule has 0 N–H and O–H groups in total. The summed E-state index contributed by atoms with van der Waals surface area (Å²) in [5.74, 6) is 2.51. The molecule has 42 heavy (non-hydrogen) atoms. The highest BCUT2D eigenvalue weighted by Crippen LogP contribution is 2.32. The molecule has 0 amide bonds. The standard InChI is InChI=1S/C32H22N6O4/c1-19-9-13-21(14-10-19)27-33-29-37-30(34-27)40-24-6-4-8-26(18-24)42-32-36-28(22-15-11-20(2)12-16-22)35-31(38-32)41-25-7-3-5-23(17-25)39-29/h3-18H,1-2H3. The lowest BCUT2D eigenvalue weighted by Crippen LogP contribution is -2.03. The molecule has 10 nitrogen and oxygen atoms in total. The van der Waals surface area contributed by atoms with Gasteiger partial charge < -0.3 is 18.9 Å². The van der Waals surface area contributed by atoms with Crippen molar-refractivity contribution >= 4 is 0 Å². The molecule has 0 aliphatic carbocycles. The molecule has 0 fully saturated rings. The number of rotatable bonds is 2. The van der Waals surface area contributed by atoms with Gasteiger partial charge in [0.15, 0.2) is 11.6 Å². The molecule has 0 atom stereocenters. The number of fused-ring (bicyclic) bond motifs is 8. The van der Waals surface area contributed by atoms with Crippen LogP contribution in [0.5, 0.6) is 47.0 Å². The van der Waals surface area contributed by atoms with Gasteiger partial charge in [-0.3, -0.25) is 0 Å². The largest absolute Gasteiger partial charge is 0.424 e. The normalized spacial score (nSPS) is 11.9. The Morgan fingerprint density at radius 1 is 0.381 bits per heavy atom. The van der Waals surface area contributed by atoms with Crippen molar-refractivity contribution < 1.29 is 18.9 Å². The third-order valence-corrected chi connectivity index (χ3v) is 6.26. The molecule has 3 heterocycles. The number of nitrogens with zero attached hydrogens (tertiary/aromatic N) is 6. The van der Waals surface area contributed by atoms with Crippen molar-refractivity contribution in [3.05, 3.63) is 108 Å². The first-order chi connectivity index (χ1) is 20.5. The van der Waals surface area contributed by atoms with Crippen LogP contribution in [0.25, 0.3) is 22.8 Å². The zero-order chi connectivity index (χ0) is 28.5. The monoisotopic (exact) mass is 554 g/mol. The van der Waals surface area contributed by atoms with Gasteiger partial charge in [-0.25, -0.2) is 0 Å². The Hall–Kier alpha value is -5.90. The van der Waals surface area contributed by atoms with Crippen LogP contribution in [0.1, 0.15) is 11.1 Å². The number of aryl methyl sites for hydroxylation is 2. The Bertz CT molecular complexity index is 1690. The molecule has 4 aromatic carbocycles. The van der Waals surface area contributed by atoms with Crippen LogP contribution in [0.4, 0.5) is 0 Å². The van der Waals surface area contributed by atoms with Gasteiger partial charge in [0.25, 0.3) is 0 Å². The maximum Gasteiger partial charge on any atom is 0.328 e.